The van der Waals surface area contributed by atoms with Crippen molar-refractivity contribution in [1.82, 2.24) is 0 Å². The maximum Gasteiger partial charge on any atom is 0.366 e. The Labute approximate surface area is 137 Å². The molecule has 0 bridgehead atoms. The maximum atomic E-state index is 12.0. The van der Waals surface area contributed by atoms with Gasteiger partial charge in [0.05, 0.1) is 5.56 Å². The number of carbonyl (C=O) groups is 2. The molecule has 0 saturated carbocycles. The minimum absolute atomic E-state index is 0.0245. The molecule has 2 rings (SSSR count). The van der Waals surface area contributed by atoms with Crippen LogP contribution in [0.4, 0.5) is 0 Å². The maximum absolute atomic E-state index is 12.0. The molecule has 1 aromatic carbocycles. The lowest BCUT2D eigenvalue weighted by Crippen LogP contribution is -2.16. The zero-order valence-corrected chi connectivity index (χ0v) is 14.2. The summed E-state index contributed by atoms with van der Waals surface area (Å²) < 4.78 is 0.643. The molecule has 1 aromatic rings. The van der Waals surface area contributed by atoms with Crippen LogP contribution in [-0.4, -0.2) is 17.5 Å². The van der Waals surface area contributed by atoms with Gasteiger partial charge in [-0.1, -0.05) is 31.1 Å². The van der Waals surface area contributed by atoms with Gasteiger partial charge in [-0.2, -0.15) is 0 Å². The van der Waals surface area contributed by atoms with Crippen molar-refractivity contribution < 1.29 is 14.4 Å². The number of halogens is 1. The highest BCUT2D eigenvalue weighted by atomic mass is 79.9. The van der Waals surface area contributed by atoms with Crippen molar-refractivity contribution in [2.75, 3.05) is 0 Å². The number of nitrogens with zero attached hydrogens (tertiary/aromatic N) is 1. The third-order valence-corrected chi connectivity index (χ3v) is 3.96. The molecule has 0 radical (unpaired) electrons. The van der Waals surface area contributed by atoms with Crippen LogP contribution >= 0.6 is 15.9 Å². The Morgan fingerprint density at radius 2 is 1.91 bits per heavy atom. The summed E-state index contributed by atoms with van der Waals surface area (Å²) in [4.78, 5) is 28.9. The second kappa shape index (κ2) is 6.83. The predicted molar refractivity (Wildman–Crippen MR) is 88.7 cm³/mol. The van der Waals surface area contributed by atoms with Crippen LogP contribution in [0.2, 0.25) is 0 Å². The van der Waals surface area contributed by atoms with Crippen molar-refractivity contribution in [3.63, 3.8) is 0 Å². The normalized spacial score (nSPS) is 16.6. The van der Waals surface area contributed by atoms with Crippen molar-refractivity contribution in [1.29, 1.82) is 0 Å². The molecule has 0 saturated heterocycles. The van der Waals surface area contributed by atoms with Crippen LogP contribution in [0.25, 0.3) is 0 Å². The number of allylic oxidation sites excluding steroid dienone is 4. The number of hydrogen-bond donors (Lipinski definition) is 0. The fourth-order valence-corrected chi connectivity index (χ4v) is 2.45. The number of ketones is 1. The summed E-state index contributed by atoms with van der Waals surface area (Å²) in [5.41, 5.74) is 2.22. The van der Waals surface area contributed by atoms with E-state index in [1.54, 1.807) is 31.2 Å². The van der Waals surface area contributed by atoms with E-state index in [1.807, 2.05) is 19.9 Å². The van der Waals surface area contributed by atoms with Gasteiger partial charge in [0.25, 0.3) is 0 Å². The molecule has 4 nitrogen and oxygen atoms in total. The molecule has 0 amide bonds. The largest absolute Gasteiger partial charge is 0.366 e. The molecule has 1 aliphatic carbocycles. The first kappa shape index (κ1) is 16.4. The molecule has 0 fully saturated rings. The Kier molecular flexibility index (Phi) is 5.08. The van der Waals surface area contributed by atoms with E-state index in [0.717, 1.165) is 0 Å². The fraction of sp³-hybridized carbons (Fsp3) is 0.235. The van der Waals surface area contributed by atoms with Gasteiger partial charge in [-0.05, 0) is 58.6 Å². The molecule has 0 aromatic heterocycles. The van der Waals surface area contributed by atoms with Crippen molar-refractivity contribution in [3.05, 3.63) is 57.6 Å². The second-order valence-corrected chi connectivity index (χ2v) is 6.14. The zero-order chi connectivity index (χ0) is 16.3. The van der Waals surface area contributed by atoms with Gasteiger partial charge in [-0.15, -0.1) is 0 Å². The molecule has 0 unspecified atom stereocenters. The van der Waals surface area contributed by atoms with E-state index in [0.29, 0.717) is 26.9 Å². The van der Waals surface area contributed by atoms with Crippen molar-refractivity contribution in [3.8, 4) is 0 Å². The summed E-state index contributed by atoms with van der Waals surface area (Å²) in [7, 11) is 0. The lowest BCUT2D eigenvalue weighted by atomic mass is 9.90. The SMILES string of the molecule is CC1=CC(=O)C(C(C)C)=CC1=NOC(=O)c1ccccc1Br. The number of benzene rings is 1. The van der Waals surface area contributed by atoms with Crippen LogP contribution in [0, 0.1) is 5.92 Å². The third-order valence-electron chi connectivity index (χ3n) is 3.27. The molecule has 1 aliphatic rings. The first-order valence-corrected chi connectivity index (χ1v) is 7.68. The van der Waals surface area contributed by atoms with Crippen molar-refractivity contribution in [2.45, 2.75) is 20.8 Å². The number of hydrogen-bond acceptors (Lipinski definition) is 4. The smallest absolute Gasteiger partial charge is 0.312 e. The standard InChI is InChI=1S/C17H16BrNO3/c1-10(2)13-9-15(11(3)8-16(13)20)19-22-17(21)12-6-4-5-7-14(12)18/h4-10H,1-3H3. The molecule has 0 N–H and O–H groups in total. The summed E-state index contributed by atoms with van der Waals surface area (Å²) in [6.45, 7) is 5.63. The van der Waals surface area contributed by atoms with E-state index in [4.69, 9.17) is 4.84 Å². The van der Waals surface area contributed by atoms with E-state index >= 15 is 0 Å². The summed E-state index contributed by atoms with van der Waals surface area (Å²) in [6.07, 6.45) is 3.19. The molecule has 0 aliphatic heterocycles. The van der Waals surface area contributed by atoms with Crippen molar-refractivity contribution >= 4 is 33.4 Å². The van der Waals surface area contributed by atoms with E-state index in [2.05, 4.69) is 21.1 Å². The highest BCUT2D eigenvalue weighted by Gasteiger charge is 2.19. The monoisotopic (exact) mass is 361 g/mol. The van der Waals surface area contributed by atoms with Gasteiger partial charge in [0.15, 0.2) is 5.78 Å². The third kappa shape index (κ3) is 3.60. The van der Waals surface area contributed by atoms with E-state index in [-0.39, 0.29) is 11.7 Å². The molecule has 5 heteroatoms. The summed E-state index contributed by atoms with van der Waals surface area (Å²) in [6, 6.07) is 6.96. The van der Waals surface area contributed by atoms with E-state index in [1.165, 1.54) is 6.08 Å². The van der Waals surface area contributed by atoms with Gasteiger partial charge >= 0.3 is 5.97 Å². The highest BCUT2D eigenvalue weighted by Crippen LogP contribution is 2.20. The quantitative estimate of drug-likeness (QED) is 0.463. The molecule has 0 spiro atoms. The molecular formula is C17H16BrNO3. The Balaban J connectivity index is 2.22. The van der Waals surface area contributed by atoms with Gasteiger partial charge in [-0.25, -0.2) is 4.79 Å². The average molecular weight is 362 g/mol. The molecular weight excluding hydrogens is 346 g/mol. The zero-order valence-electron chi connectivity index (χ0n) is 12.6. The van der Waals surface area contributed by atoms with Gasteiger partial charge in [0, 0.05) is 10.0 Å². The van der Waals surface area contributed by atoms with Gasteiger partial charge in [0.1, 0.15) is 5.71 Å². The first-order chi connectivity index (χ1) is 10.4. The van der Waals surface area contributed by atoms with Gasteiger partial charge in [-0.3, -0.25) is 4.79 Å². The van der Waals surface area contributed by atoms with E-state index in [9.17, 15) is 9.59 Å². The second-order valence-electron chi connectivity index (χ2n) is 5.28. The highest BCUT2D eigenvalue weighted by molar-refractivity contribution is 9.10. The summed E-state index contributed by atoms with van der Waals surface area (Å²) in [5.74, 6) is -0.492. The molecule has 0 atom stereocenters. The molecule has 22 heavy (non-hydrogen) atoms. The number of oxime groups is 1. The lowest BCUT2D eigenvalue weighted by molar-refractivity contribution is -0.111. The Hall–Kier alpha value is -2.01. The first-order valence-electron chi connectivity index (χ1n) is 6.88. The van der Waals surface area contributed by atoms with Crippen LogP contribution in [0.3, 0.4) is 0 Å². The minimum Gasteiger partial charge on any atom is -0.312 e. The summed E-state index contributed by atoms with van der Waals surface area (Å²) >= 11 is 3.29. The van der Waals surface area contributed by atoms with Crippen molar-refractivity contribution in [2.24, 2.45) is 11.1 Å². The van der Waals surface area contributed by atoms with Gasteiger partial charge < -0.3 is 4.84 Å². The predicted octanol–water partition coefficient (Wildman–Crippen LogP) is 4.07. The Bertz CT molecular complexity index is 714. The fourth-order valence-electron chi connectivity index (χ4n) is 2.00. The van der Waals surface area contributed by atoms with Crippen LogP contribution in [0.5, 0.6) is 0 Å². The average Bonchev–Trinajstić information content (AvgIpc) is 2.46. The lowest BCUT2D eigenvalue weighted by Gasteiger charge is -2.14. The van der Waals surface area contributed by atoms with Crippen LogP contribution in [0.15, 0.2) is 57.2 Å². The summed E-state index contributed by atoms with van der Waals surface area (Å²) in [5, 5.41) is 3.90. The van der Waals surface area contributed by atoms with Gasteiger partial charge in [0.2, 0.25) is 0 Å². The molecule has 114 valence electrons. The topological polar surface area (TPSA) is 55.7 Å². The minimum atomic E-state index is -0.552. The number of rotatable bonds is 3. The van der Waals surface area contributed by atoms with E-state index < -0.39 is 5.97 Å². The Morgan fingerprint density at radius 1 is 1.23 bits per heavy atom. The number of carbonyl (C=O) groups excluding carboxylic acids is 2. The van der Waals surface area contributed by atoms with Crippen LogP contribution < -0.4 is 0 Å². The molecule has 0 heterocycles. The van der Waals surface area contributed by atoms with Crippen LogP contribution in [-0.2, 0) is 9.63 Å². The van der Waals surface area contributed by atoms with Crippen LogP contribution in [0.1, 0.15) is 31.1 Å². The Morgan fingerprint density at radius 3 is 2.55 bits per heavy atom.